The van der Waals surface area contributed by atoms with E-state index < -0.39 is 0 Å². The molecule has 0 bridgehead atoms. The molecule has 5 nitrogen and oxygen atoms in total. The molecule has 0 saturated heterocycles. The molecule has 3 rings (SSSR count). The van der Waals surface area contributed by atoms with Gasteiger partial charge in [0.05, 0.1) is 6.61 Å². The van der Waals surface area contributed by atoms with E-state index in [9.17, 15) is 4.79 Å². The number of ether oxygens (including phenoxy) is 1. The van der Waals surface area contributed by atoms with Crippen molar-refractivity contribution in [3.63, 3.8) is 0 Å². The number of hydrogen-bond donors (Lipinski definition) is 2. The summed E-state index contributed by atoms with van der Waals surface area (Å²) in [6.07, 6.45) is 2.59. The van der Waals surface area contributed by atoms with Gasteiger partial charge in [0.15, 0.2) is 0 Å². The van der Waals surface area contributed by atoms with Crippen LogP contribution in [0.4, 0.5) is 0 Å². The number of benzene rings is 2. The first-order valence-corrected chi connectivity index (χ1v) is 9.94. The second-order valence-electron chi connectivity index (χ2n) is 6.49. The maximum Gasteiger partial charge on any atom is 0.305 e. The fourth-order valence-corrected chi connectivity index (χ4v) is 2.96. The maximum atomic E-state index is 10.5. The molecule has 0 amide bonds. The van der Waals surface area contributed by atoms with Gasteiger partial charge in [0.2, 0.25) is 0 Å². The van der Waals surface area contributed by atoms with Gasteiger partial charge in [-0.3, -0.25) is 10.1 Å². The highest BCUT2D eigenvalue weighted by molar-refractivity contribution is 5.78. The van der Waals surface area contributed by atoms with Crippen LogP contribution in [-0.4, -0.2) is 31.0 Å². The monoisotopic (exact) mass is 389 g/mol. The van der Waals surface area contributed by atoms with Crippen molar-refractivity contribution in [1.82, 2.24) is 0 Å². The lowest BCUT2D eigenvalue weighted by molar-refractivity contribution is -0.243. The SMILES string of the molecule is CCC.CCCC(=O)OCCN.OOCC1c2ccccc2-c2ccccc21.[HH]. The first-order valence-electron chi connectivity index (χ1n) is 9.94. The number of carbonyl (C=O) groups is 1. The highest BCUT2D eigenvalue weighted by Gasteiger charge is 2.27. The molecule has 3 N–H and O–H groups in total. The summed E-state index contributed by atoms with van der Waals surface area (Å²) < 4.78 is 4.67. The largest absolute Gasteiger partial charge is 0.464 e. The Balaban J connectivity index is 0.000000521. The number of hydrogen-bond acceptors (Lipinski definition) is 5. The predicted octanol–water partition coefficient (Wildman–Crippen LogP) is 5.24. The van der Waals surface area contributed by atoms with Crippen LogP contribution in [0.3, 0.4) is 0 Å². The molecule has 0 radical (unpaired) electrons. The van der Waals surface area contributed by atoms with Crippen molar-refractivity contribution in [2.75, 3.05) is 19.8 Å². The van der Waals surface area contributed by atoms with E-state index in [-0.39, 0.29) is 13.3 Å². The molecule has 0 aromatic heterocycles. The van der Waals surface area contributed by atoms with Crippen molar-refractivity contribution < 1.29 is 21.1 Å². The van der Waals surface area contributed by atoms with E-state index in [1.807, 2.05) is 31.2 Å². The van der Waals surface area contributed by atoms with Gasteiger partial charge in [-0.25, -0.2) is 4.89 Å². The molecular formula is C23H35NO4. The van der Waals surface area contributed by atoms with Crippen molar-refractivity contribution >= 4 is 5.97 Å². The van der Waals surface area contributed by atoms with Gasteiger partial charge in [-0.1, -0.05) is 75.7 Å². The van der Waals surface area contributed by atoms with Crippen LogP contribution in [-0.2, 0) is 14.4 Å². The maximum absolute atomic E-state index is 10.5. The zero-order valence-corrected chi connectivity index (χ0v) is 17.2. The van der Waals surface area contributed by atoms with E-state index in [2.05, 4.69) is 47.7 Å². The van der Waals surface area contributed by atoms with Crippen LogP contribution < -0.4 is 5.73 Å². The first kappa shape index (κ1) is 23.8. The van der Waals surface area contributed by atoms with Gasteiger partial charge in [-0.15, -0.1) is 0 Å². The average Bonchev–Trinajstić information content (AvgIpc) is 3.02. The van der Waals surface area contributed by atoms with E-state index in [1.54, 1.807) is 0 Å². The van der Waals surface area contributed by atoms with Crippen LogP contribution >= 0.6 is 0 Å². The first-order chi connectivity index (χ1) is 13.6. The summed E-state index contributed by atoms with van der Waals surface area (Å²) in [5, 5.41) is 8.68. The highest BCUT2D eigenvalue weighted by Crippen LogP contribution is 2.44. The molecule has 1 aliphatic carbocycles. The zero-order chi connectivity index (χ0) is 20.8. The summed E-state index contributed by atoms with van der Waals surface area (Å²) in [6.45, 7) is 7.26. The summed E-state index contributed by atoms with van der Waals surface area (Å²) in [5.41, 5.74) is 10.1. The van der Waals surface area contributed by atoms with Gasteiger partial charge >= 0.3 is 5.97 Å². The molecule has 1 aliphatic rings. The lowest BCUT2D eigenvalue weighted by Gasteiger charge is -2.10. The minimum absolute atomic E-state index is 0. The Hall–Kier alpha value is -2.21. The Kier molecular flexibility index (Phi) is 11.8. The van der Waals surface area contributed by atoms with Crippen LogP contribution in [0.25, 0.3) is 11.1 Å². The van der Waals surface area contributed by atoms with Gasteiger partial charge in [0.1, 0.15) is 6.61 Å². The fraction of sp³-hybridized carbons (Fsp3) is 0.435. The molecule has 0 atom stereocenters. The third-order valence-corrected chi connectivity index (χ3v) is 4.04. The number of rotatable bonds is 6. The Morgan fingerprint density at radius 1 is 1.04 bits per heavy atom. The molecule has 0 spiro atoms. The highest BCUT2D eigenvalue weighted by atomic mass is 17.1. The second-order valence-corrected chi connectivity index (χ2v) is 6.49. The van der Waals surface area contributed by atoms with E-state index in [4.69, 9.17) is 11.0 Å². The fourth-order valence-electron chi connectivity index (χ4n) is 2.96. The second kappa shape index (κ2) is 13.9. The lowest BCUT2D eigenvalue weighted by atomic mass is 9.98. The van der Waals surface area contributed by atoms with E-state index in [0.717, 1.165) is 6.42 Å². The number of fused-ring (bicyclic) bond motifs is 3. The molecule has 2 aromatic rings. The summed E-state index contributed by atoms with van der Waals surface area (Å²) in [4.78, 5) is 14.9. The minimum Gasteiger partial charge on any atom is -0.464 e. The summed E-state index contributed by atoms with van der Waals surface area (Å²) in [7, 11) is 0. The standard InChI is InChI=1S/C14H12O2.C6H13NO2.C3H8.H2/c15-16-9-14-12-7-3-1-5-10(12)11-6-2-4-8-13(11)14;1-2-3-6(8)9-5-4-7;1-3-2;/h1-8,14-15H,9H2;2-5,7H2,1H3;3H2,1-2H3;1H. The van der Waals surface area contributed by atoms with E-state index in [0.29, 0.717) is 26.2 Å². The van der Waals surface area contributed by atoms with Crippen LogP contribution in [0.15, 0.2) is 48.5 Å². The molecule has 0 heterocycles. The van der Waals surface area contributed by atoms with Crippen LogP contribution in [0.1, 0.15) is 58.5 Å². The molecule has 0 fully saturated rings. The minimum atomic E-state index is -0.150. The Labute approximate surface area is 169 Å². The third kappa shape index (κ3) is 7.08. The van der Waals surface area contributed by atoms with Gasteiger partial charge in [0.25, 0.3) is 0 Å². The molecule has 28 heavy (non-hydrogen) atoms. The summed E-state index contributed by atoms with van der Waals surface area (Å²) in [6, 6.07) is 16.6. The quantitative estimate of drug-likeness (QED) is 0.401. The third-order valence-electron chi connectivity index (χ3n) is 4.04. The number of carbonyl (C=O) groups excluding carboxylic acids is 1. The Bertz CT molecular complexity index is 663. The normalized spacial score (nSPS) is 11.3. The van der Waals surface area contributed by atoms with Crippen molar-refractivity contribution in [1.29, 1.82) is 0 Å². The smallest absolute Gasteiger partial charge is 0.305 e. The van der Waals surface area contributed by atoms with Crippen molar-refractivity contribution in [3.8, 4) is 11.1 Å². The van der Waals surface area contributed by atoms with Crippen molar-refractivity contribution in [2.45, 2.75) is 46.0 Å². The van der Waals surface area contributed by atoms with Crippen LogP contribution in [0, 0.1) is 0 Å². The molecule has 156 valence electrons. The number of esters is 1. The Morgan fingerprint density at radius 2 is 1.54 bits per heavy atom. The zero-order valence-electron chi connectivity index (χ0n) is 17.2. The topological polar surface area (TPSA) is 81.8 Å². The summed E-state index contributed by atoms with van der Waals surface area (Å²) in [5.74, 6) is 0.000324. The van der Waals surface area contributed by atoms with Gasteiger partial charge in [-0.2, -0.15) is 0 Å². The van der Waals surface area contributed by atoms with E-state index >= 15 is 0 Å². The van der Waals surface area contributed by atoms with E-state index in [1.165, 1.54) is 28.7 Å². The molecule has 2 aromatic carbocycles. The molecule has 5 heteroatoms. The average molecular weight is 390 g/mol. The predicted molar refractivity (Wildman–Crippen MR) is 115 cm³/mol. The molecule has 0 unspecified atom stereocenters. The molecular weight excluding hydrogens is 354 g/mol. The summed E-state index contributed by atoms with van der Waals surface area (Å²) >= 11 is 0. The number of nitrogens with two attached hydrogens (primary N) is 1. The van der Waals surface area contributed by atoms with Crippen molar-refractivity contribution in [2.24, 2.45) is 5.73 Å². The van der Waals surface area contributed by atoms with Gasteiger partial charge < -0.3 is 10.5 Å². The molecule has 0 saturated carbocycles. The lowest BCUT2D eigenvalue weighted by Crippen LogP contribution is -2.12. The van der Waals surface area contributed by atoms with Gasteiger partial charge in [0, 0.05) is 20.3 Å². The van der Waals surface area contributed by atoms with Crippen molar-refractivity contribution in [3.05, 3.63) is 59.7 Å². The van der Waals surface area contributed by atoms with Crippen LogP contribution in [0.2, 0.25) is 0 Å². The Morgan fingerprint density at radius 3 is 1.96 bits per heavy atom. The van der Waals surface area contributed by atoms with Gasteiger partial charge in [-0.05, 0) is 28.7 Å². The van der Waals surface area contributed by atoms with Crippen LogP contribution in [0.5, 0.6) is 0 Å². The molecule has 0 aliphatic heterocycles.